The molecule has 6 heteroatoms. The lowest BCUT2D eigenvalue weighted by molar-refractivity contribution is 0.529. The second-order valence-electron chi connectivity index (χ2n) is 10.9. The number of benzene rings is 1. The molecule has 0 amide bonds. The molecule has 1 rings (SSSR count). The van der Waals surface area contributed by atoms with Crippen LogP contribution in [0.4, 0.5) is 0 Å². The average molecular weight is 483 g/mol. The third-order valence-electron chi connectivity index (χ3n) is 7.15. The van der Waals surface area contributed by atoms with Gasteiger partial charge in [-0.1, -0.05) is 52.0 Å². The third kappa shape index (κ3) is 9.65. The van der Waals surface area contributed by atoms with Gasteiger partial charge in [-0.15, -0.1) is 0 Å². The number of hydrogen-bond acceptors (Lipinski definition) is 2. The van der Waals surface area contributed by atoms with Gasteiger partial charge in [0.1, 0.15) is 0 Å². The Bertz CT molecular complexity index is 578. The average Bonchev–Trinajstić information content (AvgIpc) is 2.71. The first-order valence-corrected chi connectivity index (χ1v) is 24.2. The maximum absolute atomic E-state index is 6.78. The van der Waals surface area contributed by atoms with Crippen LogP contribution in [0.3, 0.4) is 0 Å². The molecule has 1 aromatic carbocycles. The van der Waals surface area contributed by atoms with Gasteiger partial charge in [-0.25, -0.2) is 0 Å². The summed E-state index contributed by atoms with van der Waals surface area (Å²) in [4.78, 5) is 0. The van der Waals surface area contributed by atoms with Crippen molar-refractivity contribution in [1.29, 1.82) is 0 Å². The summed E-state index contributed by atoms with van der Waals surface area (Å²) in [6.07, 6.45) is 2.32. The van der Waals surface area contributed by atoms with Crippen molar-refractivity contribution in [3.05, 3.63) is 35.4 Å². The molecule has 2 unspecified atom stereocenters. The topological polar surface area (TPSA) is 18.5 Å². The zero-order chi connectivity index (χ0) is 23.1. The van der Waals surface area contributed by atoms with E-state index in [-0.39, 0.29) is 0 Å². The molecule has 0 aliphatic heterocycles. The maximum Gasteiger partial charge on any atom is 0.176 e. The highest BCUT2D eigenvalue weighted by Gasteiger charge is 2.35. The number of aryl methyl sites for hydroxylation is 2. The Kier molecular flexibility index (Phi) is 11.0. The fourth-order valence-electron chi connectivity index (χ4n) is 3.77. The normalized spacial score (nSPS) is 16.9. The van der Waals surface area contributed by atoms with E-state index in [4.69, 9.17) is 8.23 Å². The molecule has 0 aliphatic rings. The van der Waals surface area contributed by atoms with Crippen LogP contribution in [0, 0.1) is 0 Å². The van der Waals surface area contributed by atoms with E-state index in [1.165, 1.54) is 47.4 Å². The van der Waals surface area contributed by atoms with Crippen molar-refractivity contribution in [2.75, 3.05) is 0 Å². The van der Waals surface area contributed by atoms with E-state index in [1.807, 2.05) is 0 Å². The van der Waals surface area contributed by atoms with Crippen LogP contribution in [0.2, 0.25) is 75.5 Å². The second kappa shape index (κ2) is 11.7. The maximum atomic E-state index is 6.78. The van der Waals surface area contributed by atoms with Crippen LogP contribution in [0.15, 0.2) is 24.3 Å². The van der Waals surface area contributed by atoms with Crippen LogP contribution < -0.4 is 0 Å². The minimum Gasteiger partial charge on any atom is -0.455 e. The molecule has 0 spiro atoms. The molecule has 0 saturated heterocycles. The molecule has 2 atom stereocenters. The summed E-state index contributed by atoms with van der Waals surface area (Å²) >= 11 is 0. The highest BCUT2D eigenvalue weighted by molar-refractivity contribution is 6.86. The molecular weight excluding hydrogens is 433 g/mol. The molecule has 2 nitrogen and oxygen atoms in total. The Balaban J connectivity index is 2.66. The molecule has 0 aromatic heterocycles. The van der Waals surface area contributed by atoms with Crippen molar-refractivity contribution in [1.82, 2.24) is 0 Å². The van der Waals surface area contributed by atoms with E-state index >= 15 is 0 Å². The SMILES string of the molecule is CC[Si](C)(C)O[Si](C)(CC)CCc1ccc(CC[Si](C)(CC)O[Si](C)(C)CC)cc1. The monoisotopic (exact) mass is 482 g/mol. The molecule has 30 heavy (non-hydrogen) atoms. The van der Waals surface area contributed by atoms with Crippen molar-refractivity contribution in [2.24, 2.45) is 0 Å². The van der Waals surface area contributed by atoms with E-state index in [9.17, 15) is 0 Å². The lowest BCUT2D eigenvalue weighted by atomic mass is 10.1. The summed E-state index contributed by atoms with van der Waals surface area (Å²) in [5.74, 6) is 0. The first-order valence-electron chi connectivity index (χ1n) is 12.3. The predicted molar refractivity (Wildman–Crippen MR) is 146 cm³/mol. The Hall–Kier alpha value is 0.00753. The molecule has 0 heterocycles. The fourth-order valence-corrected chi connectivity index (χ4v) is 19.9. The van der Waals surface area contributed by atoms with Crippen molar-refractivity contribution in [3.8, 4) is 0 Å². The quantitative estimate of drug-likeness (QED) is 0.248. The molecule has 0 radical (unpaired) electrons. The van der Waals surface area contributed by atoms with Crippen molar-refractivity contribution in [3.63, 3.8) is 0 Å². The van der Waals surface area contributed by atoms with Crippen LogP contribution in [0.1, 0.15) is 38.8 Å². The summed E-state index contributed by atoms with van der Waals surface area (Å²) in [6.45, 7) is 23.6. The van der Waals surface area contributed by atoms with Crippen LogP contribution in [0.25, 0.3) is 0 Å². The van der Waals surface area contributed by atoms with Crippen LogP contribution in [-0.2, 0) is 21.1 Å². The third-order valence-corrected chi connectivity index (χ3v) is 24.5. The summed E-state index contributed by atoms with van der Waals surface area (Å²) < 4.78 is 13.6. The van der Waals surface area contributed by atoms with Crippen molar-refractivity contribution >= 4 is 33.3 Å². The van der Waals surface area contributed by atoms with Gasteiger partial charge < -0.3 is 8.23 Å². The van der Waals surface area contributed by atoms with E-state index in [0.717, 1.165) is 12.8 Å². The first kappa shape index (κ1) is 28.0. The summed E-state index contributed by atoms with van der Waals surface area (Å²) in [5.41, 5.74) is 2.94. The Morgan fingerprint density at radius 3 is 1.07 bits per heavy atom. The molecule has 0 saturated carbocycles. The Morgan fingerprint density at radius 2 is 0.833 bits per heavy atom. The zero-order valence-electron chi connectivity index (χ0n) is 21.8. The van der Waals surface area contributed by atoms with Gasteiger partial charge >= 0.3 is 0 Å². The molecule has 0 aliphatic carbocycles. The standard InChI is InChI=1S/C24H50O2Si4/c1-11-27(5,6)25-29(9,13-3)21-19-23-15-17-24(18-16-23)20-22-30(10,14-4)26-28(7,8)12-2/h15-18H,11-14,19-22H2,1-10H3. The number of hydrogen-bond donors (Lipinski definition) is 0. The lowest BCUT2D eigenvalue weighted by Crippen LogP contribution is -2.45. The van der Waals surface area contributed by atoms with Crippen molar-refractivity contribution < 1.29 is 8.23 Å². The van der Waals surface area contributed by atoms with Gasteiger partial charge in [0, 0.05) is 0 Å². The van der Waals surface area contributed by atoms with Gasteiger partial charge in [-0.3, -0.25) is 0 Å². The van der Waals surface area contributed by atoms with Crippen molar-refractivity contribution in [2.45, 2.75) is 116 Å². The van der Waals surface area contributed by atoms with Crippen LogP contribution >= 0.6 is 0 Å². The molecule has 1 aromatic rings. The highest BCUT2D eigenvalue weighted by atomic mass is 28.4. The van der Waals surface area contributed by atoms with Gasteiger partial charge in [0.05, 0.1) is 0 Å². The van der Waals surface area contributed by atoms with Gasteiger partial charge in [0.2, 0.25) is 0 Å². The molecule has 0 bridgehead atoms. The first-order chi connectivity index (χ1) is 13.8. The summed E-state index contributed by atoms with van der Waals surface area (Å²) in [5, 5.41) is 0. The highest BCUT2D eigenvalue weighted by Crippen LogP contribution is 2.28. The van der Waals surface area contributed by atoms with Gasteiger partial charge in [-0.2, -0.15) is 0 Å². The largest absolute Gasteiger partial charge is 0.455 e. The van der Waals surface area contributed by atoms with E-state index in [0.29, 0.717) is 0 Å². The zero-order valence-corrected chi connectivity index (χ0v) is 25.8. The molecule has 0 N–H and O–H groups in total. The minimum atomic E-state index is -1.59. The molecule has 0 fully saturated rings. The van der Waals surface area contributed by atoms with E-state index in [2.05, 4.69) is 91.2 Å². The van der Waals surface area contributed by atoms with Crippen LogP contribution in [-0.4, -0.2) is 33.3 Å². The van der Waals surface area contributed by atoms with Gasteiger partial charge in [0.25, 0.3) is 0 Å². The lowest BCUT2D eigenvalue weighted by Gasteiger charge is -2.36. The Labute approximate surface area is 192 Å². The van der Waals surface area contributed by atoms with Crippen LogP contribution in [0.5, 0.6) is 0 Å². The Morgan fingerprint density at radius 1 is 0.533 bits per heavy atom. The molecule has 174 valence electrons. The second-order valence-corrected chi connectivity index (χ2v) is 29.2. The van der Waals surface area contributed by atoms with E-state index < -0.39 is 33.3 Å². The fraction of sp³-hybridized carbons (Fsp3) is 0.750. The van der Waals surface area contributed by atoms with Gasteiger partial charge in [-0.05, 0) is 99.5 Å². The predicted octanol–water partition coefficient (Wildman–Crippen LogP) is 8.45. The number of rotatable bonds is 14. The minimum absolute atomic E-state index is 1.16. The molecular formula is C24H50O2Si4. The smallest absolute Gasteiger partial charge is 0.176 e. The van der Waals surface area contributed by atoms with E-state index in [1.54, 1.807) is 0 Å². The van der Waals surface area contributed by atoms with Gasteiger partial charge in [0.15, 0.2) is 33.3 Å². The summed E-state index contributed by atoms with van der Waals surface area (Å²) in [7, 11) is -6.14. The summed E-state index contributed by atoms with van der Waals surface area (Å²) in [6, 6.07) is 16.8.